The molecule has 0 saturated heterocycles. The summed E-state index contributed by atoms with van der Waals surface area (Å²) in [6.07, 6.45) is -2.52. The molecule has 180 valence electrons. The Morgan fingerprint density at radius 1 is 0.719 bits per heavy atom. The van der Waals surface area contributed by atoms with Crippen LogP contribution in [0.15, 0.2) is 0 Å². The Morgan fingerprint density at radius 3 is 1.62 bits per heavy atom. The molecule has 0 aliphatic carbocycles. The van der Waals surface area contributed by atoms with Crippen molar-refractivity contribution < 1.29 is 54.0 Å². The van der Waals surface area contributed by atoms with Crippen LogP contribution in [-0.2, 0) is 33.6 Å². The lowest BCUT2D eigenvalue weighted by atomic mass is 10.1. The van der Waals surface area contributed by atoms with Gasteiger partial charge in [0, 0.05) is 6.42 Å². The molecule has 16 heteroatoms. The van der Waals surface area contributed by atoms with Gasteiger partial charge in [-0.05, 0) is 6.42 Å². The van der Waals surface area contributed by atoms with E-state index in [0.717, 1.165) is 0 Å². The van der Waals surface area contributed by atoms with Gasteiger partial charge in [0.25, 0.3) is 0 Å². The summed E-state index contributed by atoms with van der Waals surface area (Å²) in [5.74, 6) is -8.86. The maximum atomic E-state index is 12.5. The standard InChI is InChI=1S/C16H25N5O11/c17-6(3-11(24)25)13(28)19-7(1-2-10(18)23)14(29)21-9(5-22)15(30)20-8(16(31)32)4-12(26)27/h6-9,22H,1-5,17H2,(H2,18,23)(H,19,28)(H,20,30)(H,21,29)(H,24,25)(H,26,27)(H,31,32). The lowest BCUT2D eigenvalue weighted by Crippen LogP contribution is -2.58. The summed E-state index contributed by atoms with van der Waals surface area (Å²) < 4.78 is 0. The van der Waals surface area contributed by atoms with Gasteiger partial charge in [0.15, 0.2) is 0 Å². The monoisotopic (exact) mass is 463 g/mol. The van der Waals surface area contributed by atoms with Gasteiger partial charge in [-0.3, -0.25) is 28.8 Å². The zero-order valence-corrected chi connectivity index (χ0v) is 16.6. The molecule has 0 saturated carbocycles. The quantitative estimate of drug-likeness (QED) is 0.110. The van der Waals surface area contributed by atoms with Crippen LogP contribution in [0.4, 0.5) is 0 Å². The van der Waals surface area contributed by atoms with E-state index in [0.29, 0.717) is 0 Å². The van der Waals surface area contributed by atoms with Crippen LogP contribution in [0.1, 0.15) is 25.7 Å². The van der Waals surface area contributed by atoms with Crippen LogP contribution in [0, 0.1) is 0 Å². The summed E-state index contributed by atoms with van der Waals surface area (Å²) >= 11 is 0. The Morgan fingerprint density at radius 2 is 1.19 bits per heavy atom. The Bertz CT molecular complexity index is 757. The average molecular weight is 463 g/mol. The minimum atomic E-state index is -1.86. The number of rotatable bonds is 15. The molecule has 11 N–H and O–H groups in total. The van der Waals surface area contributed by atoms with Gasteiger partial charge in [-0.2, -0.15) is 0 Å². The second-order valence-electron chi connectivity index (χ2n) is 6.51. The summed E-state index contributed by atoms with van der Waals surface area (Å²) in [5.41, 5.74) is 10.4. The molecule has 0 spiro atoms. The average Bonchev–Trinajstić information content (AvgIpc) is 2.66. The number of carbonyl (C=O) groups is 7. The number of aliphatic hydroxyl groups excluding tert-OH is 1. The highest BCUT2D eigenvalue weighted by atomic mass is 16.4. The minimum Gasteiger partial charge on any atom is -0.481 e. The van der Waals surface area contributed by atoms with E-state index in [2.05, 4.69) is 5.32 Å². The third kappa shape index (κ3) is 10.8. The van der Waals surface area contributed by atoms with Crippen LogP contribution >= 0.6 is 0 Å². The number of carboxylic acid groups (broad SMARTS) is 3. The second kappa shape index (κ2) is 13.5. The van der Waals surface area contributed by atoms with Gasteiger partial charge in [0.05, 0.1) is 25.5 Å². The van der Waals surface area contributed by atoms with Crippen molar-refractivity contribution in [1.29, 1.82) is 0 Å². The Labute approximate surface area is 180 Å². The van der Waals surface area contributed by atoms with E-state index >= 15 is 0 Å². The minimum absolute atomic E-state index is 0.372. The van der Waals surface area contributed by atoms with E-state index in [1.165, 1.54) is 0 Å². The third-order valence-corrected chi connectivity index (χ3v) is 3.85. The molecule has 0 fully saturated rings. The number of amides is 4. The smallest absolute Gasteiger partial charge is 0.326 e. The highest BCUT2D eigenvalue weighted by Gasteiger charge is 2.31. The summed E-state index contributed by atoms with van der Waals surface area (Å²) in [6, 6.07) is -6.67. The number of aliphatic hydroxyl groups is 1. The van der Waals surface area contributed by atoms with Crippen molar-refractivity contribution in [2.75, 3.05) is 6.61 Å². The molecule has 32 heavy (non-hydrogen) atoms. The highest BCUT2D eigenvalue weighted by molar-refractivity contribution is 5.95. The molecular formula is C16H25N5O11. The van der Waals surface area contributed by atoms with E-state index in [4.69, 9.17) is 26.8 Å². The molecular weight excluding hydrogens is 438 g/mol. The molecule has 0 aliphatic rings. The first-order chi connectivity index (χ1) is 14.8. The molecule has 0 rings (SSSR count). The van der Waals surface area contributed by atoms with Crippen molar-refractivity contribution in [1.82, 2.24) is 16.0 Å². The van der Waals surface area contributed by atoms with Gasteiger partial charge in [-0.1, -0.05) is 0 Å². The predicted molar refractivity (Wildman–Crippen MR) is 101 cm³/mol. The van der Waals surface area contributed by atoms with Crippen molar-refractivity contribution in [3.63, 3.8) is 0 Å². The third-order valence-electron chi connectivity index (χ3n) is 3.85. The number of aliphatic carboxylic acids is 3. The van der Waals surface area contributed by atoms with Gasteiger partial charge in [0.2, 0.25) is 23.6 Å². The number of hydrogen-bond donors (Lipinski definition) is 9. The Hall–Kier alpha value is -3.79. The SMILES string of the molecule is NC(=O)CCC(NC(=O)C(N)CC(=O)O)C(=O)NC(CO)C(=O)NC(CC(=O)O)C(=O)O. The fourth-order valence-corrected chi connectivity index (χ4v) is 2.23. The molecule has 16 nitrogen and oxygen atoms in total. The molecule has 4 unspecified atom stereocenters. The summed E-state index contributed by atoms with van der Waals surface area (Å²) in [5, 5.41) is 41.6. The van der Waals surface area contributed by atoms with Crippen LogP contribution in [0.2, 0.25) is 0 Å². The number of primary amides is 1. The maximum Gasteiger partial charge on any atom is 0.326 e. The summed E-state index contributed by atoms with van der Waals surface area (Å²) in [6.45, 7) is -1.04. The molecule has 0 heterocycles. The van der Waals surface area contributed by atoms with Crippen molar-refractivity contribution in [3.05, 3.63) is 0 Å². The molecule has 0 aliphatic heterocycles. The van der Waals surface area contributed by atoms with Crippen LogP contribution < -0.4 is 27.4 Å². The number of hydrogen-bond acceptors (Lipinski definition) is 9. The zero-order valence-electron chi connectivity index (χ0n) is 16.6. The van der Waals surface area contributed by atoms with Crippen LogP contribution in [0.5, 0.6) is 0 Å². The Kier molecular flexibility index (Phi) is 11.9. The van der Waals surface area contributed by atoms with Gasteiger partial charge >= 0.3 is 17.9 Å². The van der Waals surface area contributed by atoms with E-state index in [1.807, 2.05) is 10.6 Å². The molecule has 0 aromatic carbocycles. The van der Waals surface area contributed by atoms with Gasteiger partial charge in [-0.25, -0.2) is 4.79 Å². The second-order valence-corrected chi connectivity index (χ2v) is 6.51. The molecule has 4 amide bonds. The Balaban J connectivity index is 5.33. The topological polar surface area (TPSA) is 289 Å². The fraction of sp³-hybridized carbons (Fsp3) is 0.562. The van der Waals surface area contributed by atoms with Crippen LogP contribution in [0.3, 0.4) is 0 Å². The van der Waals surface area contributed by atoms with E-state index < -0.39 is 91.6 Å². The van der Waals surface area contributed by atoms with Gasteiger partial charge < -0.3 is 47.8 Å². The maximum absolute atomic E-state index is 12.5. The molecule has 0 aromatic rings. The van der Waals surface area contributed by atoms with E-state index in [1.54, 1.807) is 0 Å². The lowest BCUT2D eigenvalue weighted by molar-refractivity contribution is -0.147. The van der Waals surface area contributed by atoms with Crippen molar-refractivity contribution in [3.8, 4) is 0 Å². The normalized spacial score (nSPS) is 14.2. The molecule has 4 atom stereocenters. The highest BCUT2D eigenvalue weighted by Crippen LogP contribution is 2.02. The first kappa shape index (κ1) is 28.2. The first-order valence-corrected chi connectivity index (χ1v) is 9.00. The molecule has 0 aromatic heterocycles. The van der Waals surface area contributed by atoms with E-state index in [9.17, 15) is 38.7 Å². The fourth-order valence-electron chi connectivity index (χ4n) is 2.23. The van der Waals surface area contributed by atoms with Crippen LogP contribution in [0.25, 0.3) is 0 Å². The number of carboxylic acids is 3. The van der Waals surface area contributed by atoms with Crippen LogP contribution in [-0.4, -0.2) is 92.7 Å². The first-order valence-electron chi connectivity index (χ1n) is 9.00. The zero-order chi connectivity index (χ0) is 25.0. The predicted octanol–water partition coefficient (Wildman–Crippen LogP) is -4.94. The van der Waals surface area contributed by atoms with Crippen molar-refractivity contribution >= 4 is 41.5 Å². The molecule has 0 radical (unpaired) electrons. The largest absolute Gasteiger partial charge is 0.481 e. The summed E-state index contributed by atoms with van der Waals surface area (Å²) in [7, 11) is 0. The number of nitrogens with one attached hydrogen (secondary N) is 3. The molecule has 0 bridgehead atoms. The van der Waals surface area contributed by atoms with Gasteiger partial charge in [-0.15, -0.1) is 0 Å². The van der Waals surface area contributed by atoms with Crippen molar-refractivity contribution in [2.24, 2.45) is 11.5 Å². The number of nitrogens with two attached hydrogens (primary N) is 2. The number of carbonyl (C=O) groups excluding carboxylic acids is 4. The van der Waals surface area contributed by atoms with Crippen molar-refractivity contribution in [2.45, 2.75) is 49.9 Å². The van der Waals surface area contributed by atoms with Gasteiger partial charge in [0.1, 0.15) is 18.1 Å². The summed E-state index contributed by atoms with van der Waals surface area (Å²) in [4.78, 5) is 80.1. The lowest BCUT2D eigenvalue weighted by Gasteiger charge is -2.23. The van der Waals surface area contributed by atoms with E-state index in [-0.39, 0.29) is 6.42 Å².